The van der Waals surface area contributed by atoms with Crippen molar-refractivity contribution in [3.05, 3.63) is 59.7 Å². The monoisotopic (exact) mass is 416 g/mol. The Labute approximate surface area is 170 Å². The topological polar surface area (TPSA) is 92.8 Å². The molecule has 2 aromatic carbocycles. The van der Waals surface area contributed by atoms with Gasteiger partial charge in [0.05, 0.1) is 24.0 Å². The van der Waals surface area contributed by atoms with Gasteiger partial charge in [0.25, 0.3) is 5.91 Å². The maximum Gasteiger partial charge on any atom is 0.251 e. The number of hydrogen-bond donors (Lipinski definition) is 1. The number of carbonyl (C=O) groups excluding carboxylic acids is 2. The number of rotatable bonds is 6. The minimum absolute atomic E-state index is 0.184. The van der Waals surface area contributed by atoms with Crippen LogP contribution in [0.1, 0.15) is 29.8 Å². The van der Waals surface area contributed by atoms with Crippen LogP contribution in [0.3, 0.4) is 0 Å². The van der Waals surface area contributed by atoms with Crippen molar-refractivity contribution in [1.82, 2.24) is 5.32 Å². The number of methoxy groups -OCH3 is 1. The van der Waals surface area contributed by atoms with Gasteiger partial charge in [0.15, 0.2) is 0 Å². The maximum atomic E-state index is 12.5. The van der Waals surface area contributed by atoms with Crippen LogP contribution in [0.15, 0.2) is 48.5 Å². The molecule has 1 aliphatic rings. The largest absolute Gasteiger partial charge is 0.497 e. The molecule has 0 bridgehead atoms. The standard InChI is InChI=1S/C21H24N2O5S/c1-21(2)14-29(26,27)23(20(21)25)17-6-4-5-16(13-17)19(24)22-12-11-15-7-9-18(28-3)10-8-15/h4-10,13H,11-12,14H2,1-3H3,(H,22,24). The highest BCUT2D eigenvalue weighted by Gasteiger charge is 2.49. The summed E-state index contributed by atoms with van der Waals surface area (Å²) in [5.74, 6) is -0.306. The normalized spacial score (nSPS) is 17.2. The van der Waals surface area contributed by atoms with Gasteiger partial charge in [-0.05, 0) is 56.2 Å². The Morgan fingerprint density at radius 3 is 2.45 bits per heavy atom. The number of anilines is 1. The second-order valence-corrected chi connectivity index (χ2v) is 9.43. The van der Waals surface area contributed by atoms with Crippen molar-refractivity contribution in [3.8, 4) is 5.75 Å². The fraction of sp³-hybridized carbons (Fsp3) is 0.333. The predicted octanol–water partition coefficient (Wildman–Crippen LogP) is 2.37. The lowest BCUT2D eigenvalue weighted by atomic mass is 9.95. The molecule has 154 valence electrons. The number of carbonyl (C=O) groups is 2. The first-order chi connectivity index (χ1) is 13.6. The highest BCUT2D eigenvalue weighted by atomic mass is 32.2. The van der Waals surface area contributed by atoms with Gasteiger partial charge in [0.1, 0.15) is 5.75 Å². The third-order valence-corrected chi connectivity index (χ3v) is 6.81. The molecule has 0 atom stereocenters. The van der Waals surface area contributed by atoms with Crippen molar-refractivity contribution < 1.29 is 22.7 Å². The zero-order valence-corrected chi connectivity index (χ0v) is 17.5. The van der Waals surface area contributed by atoms with E-state index in [-0.39, 0.29) is 17.3 Å². The van der Waals surface area contributed by atoms with Crippen molar-refractivity contribution in [2.75, 3.05) is 23.7 Å². The molecule has 1 saturated heterocycles. The van der Waals surface area contributed by atoms with Gasteiger partial charge >= 0.3 is 0 Å². The van der Waals surface area contributed by atoms with Gasteiger partial charge in [-0.1, -0.05) is 18.2 Å². The lowest BCUT2D eigenvalue weighted by Gasteiger charge is -2.18. The van der Waals surface area contributed by atoms with Gasteiger partial charge in [-0.25, -0.2) is 12.7 Å². The molecule has 0 aliphatic carbocycles. The third kappa shape index (κ3) is 4.42. The van der Waals surface area contributed by atoms with Crippen molar-refractivity contribution >= 4 is 27.5 Å². The lowest BCUT2D eigenvalue weighted by molar-refractivity contribution is -0.123. The summed E-state index contributed by atoms with van der Waals surface area (Å²) in [4.78, 5) is 25.0. The second kappa shape index (κ2) is 7.87. The molecule has 1 aliphatic heterocycles. The van der Waals surface area contributed by atoms with E-state index in [1.807, 2.05) is 24.3 Å². The van der Waals surface area contributed by atoms with E-state index in [2.05, 4.69) is 5.32 Å². The highest BCUT2D eigenvalue weighted by molar-refractivity contribution is 7.94. The number of sulfonamides is 1. The zero-order valence-electron chi connectivity index (χ0n) is 16.6. The summed E-state index contributed by atoms with van der Waals surface area (Å²) in [7, 11) is -2.15. The molecule has 0 aromatic heterocycles. The Morgan fingerprint density at radius 2 is 1.86 bits per heavy atom. The molecule has 2 aromatic rings. The van der Waals surface area contributed by atoms with Gasteiger partial charge < -0.3 is 10.1 Å². The van der Waals surface area contributed by atoms with Crippen molar-refractivity contribution in [2.45, 2.75) is 20.3 Å². The molecule has 3 rings (SSSR count). The van der Waals surface area contributed by atoms with E-state index < -0.39 is 21.3 Å². The highest BCUT2D eigenvalue weighted by Crippen LogP contribution is 2.35. The molecular weight excluding hydrogens is 392 g/mol. The fourth-order valence-electron chi connectivity index (χ4n) is 3.25. The van der Waals surface area contributed by atoms with E-state index in [4.69, 9.17) is 4.74 Å². The lowest BCUT2D eigenvalue weighted by Crippen LogP contribution is -2.33. The molecule has 8 heteroatoms. The van der Waals surface area contributed by atoms with Gasteiger partial charge in [-0.15, -0.1) is 0 Å². The van der Waals surface area contributed by atoms with Crippen LogP contribution < -0.4 is 14.4 Å². The summed E-state index contributed by atoms with van der Waals surface area (Å²) < 4.78 is 30.8. The Kier molecular flexibility index (Phi) is 5.66. The summed E-state index contributed by atoms with van der Waals surface area (Å²) >= 11 is 0. The third-order valence-electron chi connectivity index (χ3n) is 4.79. The Balaban J connectivity index is 1.69. The second-order valence-electron chi connectivity index (χ2n) is 7.61. The average molecular weight is 416 g/mol. The Hall–Kier alpha value is -2.87. The number of ether oxygens (including phenoxy) is 1. The molecule has 0 spiro atoms. The molecule has 0 unspecified atom stereocenters. The molecule has 2 amide bonds. The summed E-state index contributed by atoms with van der Waals surface area (Å²) in [6.07, 6.45) is 0.641. The van der Waals surface area contributed by atoms with Crippen LogP contribution in [0.4, 0.5) is 5.69 Å². The SMILES string of the molecule is COc1ccc(CCNC(=O)c2cccc(N3C(=O)C(C)(C)CS3(=O)=O)c2)cc1. The zero-order chi connectivity index (χ0) is 21.2. The average Bonchev–Trinajstić information content (AvgIpc) is 2.84. The molecule has 1 heterocycles. The van der Waals surface area contributed by atoms with Crippen molar-refractivity contribution in [3.63, 3.8) is 0 Å². The van der Waals surface area contributed by atoms with Crippen molar-refractivity contribution in [1.29, 1.82) is 0 Å². The summed E-state index contributed by atoms with van der Waals surface area (Å²) in [5, 5.41) is 2.82. The summed E-state index contributed by atoms with van der Waals surface area (Å²) in [5.41, 5.74) is 0.541. The van der Waals surface area contributed by atoms with Gasteiger partial charge in [-0.3, -0.25) is 9.59 Å². The van der Waals surface area contributed by atoms with Crippen LogP contribution >= 0.6 is 0 Å². The number of hydrogen-bond acceptors (Lipinski definition) is 5. The number of amides is 2. The number of nitrogens with zero attached hydrogens (tertiary/aromatic N) is 1. The van der Waals surface area contributed by atoms with Gasteiger partial charge in [0, 0.05) is 12.1 Å². The number of nitrogens with one attached hydrogen (secondary N) is 1. The first-order valence-corrected chi connectivity index (χ1v) is 10.8. The first kappa shape index (κ1) is 20.9. The van der Waals surface area contributed by atoms with E-state index in [0.717, 1.165) is 15.6 Å². The molecule has 0 radical (unpaired) electrons. The van der Waals surface area contributed by atoms with Gasteiger partial charge in [0.2, 0.25) is 15.9 Å². The van der Waals surface area contributed by atoms with Crippen LogP contribution in [-0.2, 0) is 21.2 Å². The Bertz CT molecular complexity index is 1030. The fourth-order valence-corrected chi connectivity index (χ4v) is 5.35. The molecule has 0 saturated carbocycles. The van der Waals surface area contributed by atoms with E-state index in [9.17, 15) is 18.0 Å². The quantitative estimate of drug-likeness (QED) is 0.780. The molecule has 1 fully saturated rings. The summed E-state index contributed by atoms with van der Waals surface area (Å²) in [6, 6.07) is 13.7. The first-order valence-electron chi connectivity index (χ1n) is 9.23. The molecular formula is C21H24N2O5S. The van der Waals surface area contributed by atoms with Crippen molar-refractivity contribution in [2.24, 2.45) is 5.41 Å². The molecule has 7 nitrogen and oxygen atoms in total. The predicted molar refractivity (Wildman–Crippen MR) is 111 cm³/mol. The van der Waals surface area contributed by atoms with E-state index >= 15 is 0 Å². The van der Waals surface area contributed by atoms with Crippen LogP contribution in [-0.4, -0.2) is 39.6 Å². The van der Waals surface area contributed by atoms with Crippen LogP contribution in [0.25, 0.3) is 0 Å². The van der Waals surface area contributed by atoms with Crippen LogP contribution in [0.2, 0.25) is 0 Å². The summed E-state index contributed by atoms with van der Waals surface area (Å²) in [6.45, 7) is 3.62. The minimum atomic E-state index is -3.76. The smallest absolute Gasteiger partial charge is 0.251 e. The van der Waals surface area contributed by atoms with Crippen LogP contribution in [0.5, 0.6) is 5.75 Å². The molecule has 1 N–H and O–H groups in total. The van der Waals surface area contributed by atoms with Crippen LogP contribution in [0, 0.1) is 5.41 Å². The number of benzene rings is 2. The van der Waals surface area contributed by atoms with E-state index in [1.54, 1.807) is 33.1 Å². The van der Waals surface area contributed by atoms with Gasteiger partial charge in [-0.2, -0.15) is 0 Å². The Morgan fingerprint density at radius 1 is 1.17 bits per heavy atom. The molecule has 29 heavy (non-hydrogen) atoms. The maximum absolute atomic E-state index is 12.5. The van der Waals surface area contributed by atoms with E-state index in [0.29, 0.717) is 18.5 Å². The van der Waals surface area contributed by atoms with E-state index in [1.165, 1.54) is 12.1 Å². The minimum Gasteiger partial charge on any atom is -0.497 e.